The Morgan fingerprint density at radius 3 is 1.17 bits per heavy atom. The lowest BCUT2D eigenvalue weighted by atomic mass is 10.1. The molecule has 6 rings (SSSR count). The van der Waals surface area contributed by atoms with Crippen LogP contribution in [0.25, 0.3) is 21.5 Å². The van der Waals surface area contributed by atoms with Crippen LogP contribution in [0.5, 0.6) is 11.5 Å². The summed E-state index contributed by atoms with van der Waals surface area (Å²) in [5.74, 6) is -1.54. The normalized spacial score (nSPS) is 11.6. The van der Waals surface area contributed by atoms with Crippen molar-refractivity contribution >= 4 is 82.4 Å². The minimum atomic E-state index is -4.63. The molecule has 0 fully saturated rings. The Morgan fingerprint density at radius 2 is 0.827 bits per heavy atom. The van der Waals surface area contributed by atoms with Crippen molar-refractivity contribution in [3.05, 3.63) is 120 Å². The molecule has 0 saturated heterocycles. The second-order valence-corrected chi connectivity index (χ2v) is 14.2. The van der Waals surface area contributed by atoms with Crippen LogP contribution in [-0.4, -0.2) is 54.0 Å². The molecule has 17 heteroatoms. The average Bonchev–Trinajstić information content (AvgIpc) is 3.07. The minimum absolute atomic E-state index is 0.0706. The number of carbonyl (C=O) groups excluding carboxylic acids is 3. The van der Waals surface area contributed by atoms with Gasteiger partial charge >= 0.3 is 6.03 Å². The largest absolute Gasteiger partial charge is 0.508 e. The fourth-order valence-electron chi connectivity index (χ4n) is 5.26. The SMILES string of the molecule is O=C(Nc1ccc(C(=O)Nc2cc(S(=O)(=O)O)cc3cc(O)ccc23)cc1)Nc1ccc(C(=O)Nc2cc(S(=O)(=O)O)cc3cc(O)ccc23)cc1. The summed E-state index contributed by atoms with van der Waals surface area (Å²) < 4.78 is 66.3. The maximum atomic E-state index is 13.0. The maximum Gasteiger partial charge on any atom is 0.323 e. The van der Waals surface area contributed by atoms with Crippen molar-refractivity contribution in [2.24, 2.45) is 0 Å². The molecule has 0 aliphatic carbocycles. The van der Waals surface area contributed by atoms with Gasteiger partial charge in [0.05, 0.1) is 21.2 Å². The summed E-state index contributed by atoms with van der Waals surface area (Å²) in [5.41, 5.74) is 1.07. The summed E-state index contributed by atoms with van der Waals surface area (Å²) in [4.78, 5) is 37.7. The number of amides is 4. The van der Waals surface area contributed by atoms with E-state index < -0.39 is 47.9 Å². The molecule has 4 amide bonds. The van der Waals surface area contributed by atoms with E-state index in [1.54, 1.807) is 0 Å². The Morgan fingerprint density at radius 1 is 0.462 bits per heavy atom. The standard InChI is InChI=1S/C35H26N4O11S2/c40-25-9-11-29-21(13-25)15-27(51(45,46)47)17-31(29)38-33(42)19-1-5-23(6-2-19)36-35(44)37-24-7-3-20(4-8-24)34(43)39-32-18-28(52(48,49)50)16-22-14-26(41)10-12-30(22)32/h1-18,40-41H,(H,38,42)(H,39,43)(H2,36,37,44)(H,45,46,47)(H,48,49,50). The van der Waals surface area contributed by atoms with E-state index in [-0.39, 0.29) is 44.8 Å². The smallest absolute Gasteiger partial charge is 0.323 e. The molecule has 0 saturated carbocycles. The first-order valence-corrected chi connectivity index (χ1v) is 17.8. The Hall–Kier alpha value is -6.53. The fourth-order valence-corrected chi connectivity index (χ4v) is 6.34. The average molecular weight is 743 g/mol. The van der Waals surface area contributed by atoms with Gasteiger partial charge in [0.25, 0.3) is 32.1 Å². The van der Waals surface area contributed by atoms with E-state index in [1.807, 2.05) is 0 Å². The van der Waals surface area contributed by atoms with Gasteiger partial charge in [-0.05, 0) is 120 Å². The lowest BCUT2D eigenvalue weighted by molar-refractivity contribution is 0.101. The number of hydrogen-bond acceptors (Lipinski definition) is 9. The molecule has 6 aromatic carbocycles. The first-order chi connectivity index (χ1) is 24.5. The third kappa shape index (κ3) is 7.92. The lowest BCUT2D eigenvalue weighted by Crippen LogP contribution is -2.20. The second-order valence-electron chi connectivity index (χ2n) is 11.3. The van der Waals surface area contributed by atoms with Crippen LogP contribution in [-0.2, 0) is 20.2 Å². The van der Waals surface area contributed by atoms with Gasteiger partial charge in [-0.2, -0.15) is 16.8 Å². The number of carbonyl (C=O) groups is 3. The number of phenols is 2. The van der Waals surface area contributed by atoms with E-state index in [9.17, 15) is 50.5 Å². The van der Waals surface area contributed by atoms with Crippen molar-refractivity contribution in [3.63, 3.8) is 0 Å². The van der Waals surface area contributed by atoms with Gasteiger partial charge in [-0.25, -0.2) is 4.79 Å². The van der Waals surface area contributed by atoms with Crippen LogP contribution in [0.1, 0.15) is 20.7 Å². The predicted molar refractivity (Wildman–Crippen MR) is 192 cm³/mol. The zero-order valence-electron chi connectivity index (χ0n) is 26.4. The van der Waals surface area contributed by atoms with Gasteiger partial charge in [-0.15, -0.1) is 0 Å². The molecule has 0 aliphatic heterocycles. The van der Waals surface area contributed by atoms with Gasteiger partial charge in [-0.3, -0.25) is 18.7 Å². The first-order valence-electron chi connectivity index (χ1n) is 14.9. The van der Waals surface area contributed by atoms with E-state index in [0.29, 0.717) is 22.1 Å². The van der Waals surface area contributed by atoms with Crippen molar-refractivity contribution in [2.75, 3.05) is 21.3 Å². The number of anilines is 4. The minimum Gasteiger partial charge on any atom is -0.508 e. The number of nitrogens with one attached hydrogen (secondary N) is 4. The molecule has 0 radical (unpaired) electrons. The molecule has 0 bridgehead atoms. The number of rotatable bonds is 8. The van der Waals surface area contributed by atoms with Crippen molar-refractivity contribution < 1.29 is 50.5 Å². The van der Waals surface area contributed by atoms with E-state index >= 15 is 0 Å². The van der Waals surface area contributed by atoms with Crippen LogP contribution in [0.2, 0.25) is 0 Å². The van der Waals surface area contributed by atoms with Gasteiger partial charge in [0.2, 0.25) is 0 Å². The lowest BCUT2D eigenvalue weighted by Gasteiger charge is -2.12. The second kappa shape index (κ2) is 13.6. The summed E-state index contributed by atoms with van der Waals surface area (Å²) in [7, 11) is -9.26. The van der Waals surface area contributed by atoms with Crippen molar-refractivity contribution in [3.8, 4) is 11.5 Å². The highest BCUT2D eigenvalue weighted by Gasteiger charge is 2.18. The monoisotopic (exact) mass is 742 g/mol. The van der Waals surface area contributed by atoms with Crippen LogP contribution < -0.4 is 21.3 Å². The summed E-state index contributed by atoms with van der Waals surface area (Å²) in [6.07, 6.45) is 0. The van der Waals surface area contributed by atoms with E-state index in [2.05, 4.69) is 21.3 Å². The Kier molecular flexibility index (Phi) is 9.26. The molecule has 264 valence electrons. The van der Waals surface area contributed by atoms with Crippen LogP contribution in [0, 0.1) is 0 Å². The third-order valence-electron chi connectivity index (χ3n) is 7.72. The predicted octanol–water partition coefficient (Wildman–Crippen LogP) is 6.05. The van der Waals surface area contributed by atoms with Crippen molar-refractivity contribution in [2.45, 2.75) is 9.79 Å². The quantitative estimate of drug-likeness (QED) is 0.0834. The molecule has 52 heavy (non-hydrogen) atoms. The highest BCUT2D eigenvalue weighted by molar-refractivity contribution is 7.86. The molecule has 0 spiro atoms. The van der Waals surface area contributed by atoms with Crippen molar-refractivity contribution in [1.82, 2.24) is 0 Å². The Labute approximate surface area is 295 Å². The van der Waals surface area contributed by atoms with Crippen LogP contribution in [0.4, 0.5) is 27.5 Å². The van der Waals surface area contributed by atoms with Gasteiger partial charge < -0.3 is 31.5 Å². The molecule has 6 aromatic rings. The van der Waals surface area contributed by atoms with Crippen molar-refractivity contribution in [1.29, 1.82) is 0 Å². The molecular weight excluding hydrogens is 717 g/mol. The van der Waals surface area contributed by atoms with Crippen LogP contribution >= 0.6 is 0 Å². The number of aromatic hydroxyl groups is 2. The zero-order valence-corrected chi connectivity index (χ0v) is 28.0. The number of fused-ring (bicyclic) bond motifs is 2. The summed E-state index contributed by atoms with van der Waals surface area (Å²) >= 11 is 0. The third-order valence-corrected chi connectivity index (χ3v) is 9.38. The van der Waals surface area contributed by atoms with Crippen LogP contribution in [0.3, 0.4) is 0 Å². The van der Waals surface area contributed by atoms with E-state index in [4.69, 9.17) is 0 Å². The maximum absolute atomic E-state index is 13.0. The van der Waals surface area contributed by atoms with Gasteiger partial charge in [-0.1, -0.05) is 0 Å². The topological polar surface area (TPSA) is 249 Å². The molecular formula is C35H26N4O11S2. The molecule has 0 unspecified atom stereocenters. The Bertz CT molecular complexity index is 2460. The molecule has 0 aliphatic rings. The molecule has 15 nitrogen and oxygen atoms in total. The van der Waals surface area contributed by atoms with Gasteiger partial charge in [0.15, 0.2) is 0 Å². The summed E-state index contributed by atoms with van der Waals surface area (Å²) in [6.45, 7) is 0. The van der Waals surface area contributed by atoms with Gasteiger partial charge in [0, 0.05) is 33.3 Å². The first kappa shape index (κ1) is 35.3. The molecule has 0 atom stereocenters. The number of urea groups is 1. The molecule has 0 aromatic heterocycles. The fraction of sp³-hybridized carbons (Fsp3) is 0. The zero-order chi connectivity index (χ0) is 37.4. The molecule has 8 N–H and O–H groups in total. The number of hydrogen-bond donors (Lipinski definition) is 8. The number of phenolic OH excluding ortho intramolecular Hbond substituents is 2. The van der Waals surface area contributed by atoms with E-state index in [1.165, 1.54) is 84.9 Å². The van der Waals surface area contributed by atoms with Gasteiger partial charge in [0.1, 0.15) is 11.5 Å². The summed E-state index contributed by atoms with van der Waals surface area (Å²) in [5, 5.41) is 31.4. The summed E-state index contributed by atoms with van der Waals surface area (Å²) in [6, 6.07) is 23.5. The Balaban J connectivity index is 1.09. The van der Waals surface area contributed by atoms with E-state index in [0.717, 1.165) is 24.3 Å². The highest BCUT2D eigenvalue weighted by atomic mass is 32.2. The molecule has 0 heterocycles. The highest BCUT2D eigenvalue weighted by Crippen LogP contribution is 2.32. The van der Waals surface area contributed by atoms with Crippen LogP contribution in [0.15, 0.2) is 119 Å². The number of benzene rings is 6.